The molecule has 0 radical (unpaired) electrons. The number of aromatic nitrogens is 1. The lowest BCUT2D eigenvalue weighted by molar-refractivity contribution is -0.119. The van der Waals surface area contributed by atoms with Gasteiger partial charge < -0.3 is 14.4 Å². The number of carbonyl (C=O) groups is 1. The monoisotopic (exact) mass is 538 g/mol. The van der Waals surface area contributed by atoms with Crippen LogP contribution in [0.2, 0.25) is 0 Å². The molecular formula is C35H42N2O3. The van der Waals surface area contributed by atoms with Crippen LogP contribution in [0.15, 0.2) is 60.3 Å². The van der Waals surface area contributed by atoms with Crippen LogP contribution in [0.3, 0.4) is 0 Å². The zero-order valence-corrected chi connectivity index (χ0v) is 24.0. The summed E-state index contributed by atoms with van der Waals surface area (Å²) in [4.78, 5) is 19.5. The minimum Gasteiger partial charge on any atom is -0.494 e. The van der Waals surface area contributed by atoms with Crippen LogP contribution in [0.5, 0.6) is 5.75 Å². The molecule has 0 bridgehead atoms. The number of rotatable bonds is 9. The Kier molecular flexibility index (Phi) is 8.20. The van der Waals surface area contributed by atoms with E-state index in [9.17, 15) is 4.79 Å². The Balaban J connectivity index is 1.19. The molecule has 0 saturated heterocycles. The van der Waals surface area contributed by atoms with Crippen LogP contribution in [0.25, 0.3) is 22.0 Å². The summed E-state index contributed by atoms with van der Waals surface area (Å²) in [7, 11) is 3.69. The average Bonchev–Trinajstić information content (AvgIpc) is 3.48. The summed E-state index contributed by atoms with van der Waals surface area (Å²) in [5.41, 5.74) is 7.19. The van der Waals surface area contributed by atoms with Gasteiger partial charge in [0.1, 0.15) is 5.75 Å². The smallest absolute Gasteiger partial charge is 0.227 e. The number of pyridine rings is 1. The van der Waals surface area contributed by atoms with Gasteiger partial charge in [0.05, 0.1) is 30.1 Å². The van der Waals surface area contributed by atoms with Crippen LogP contribution < -0.4 is 9.64 Å². The number of hydrogen-bond donors (Lipinski definition) is 0. The standard InChI is InChI=1S/C35H42N2O3/c1-37-33-23-36-32-18-14-26(21-31(32)35(33)30(22-34(37)38)27-13-17-29(20-27)39-2)25-11-15-28(16-12-25)40-19-7-6-10-24-8-4-3-5-9-24/h8,11-12,14-16,18,21,23,27,29-30H,3-7,9-10,13,17,19-20,22H2,1-2H3/t27-,29-,30?/m1/s1. The van der Waals surface area contributed by atoms with Crippen molar-refractivity contribution in [1.82, 2.24) is 4.98 Å². The van der Waals surface area contributed by atoms with Crippen LogP contribution in [0.1, 0.15) is 82.1 Å². The third-order valence-electron chi connectivity index (χ3n) is 9.45. The SMILES string of the molecule is CO[C@@H]1CC[C@@H](C2CC(=O)N(C)c3cnc4ccc(-c5ccc(OCCCCC6=CCCCC6)cc5)cc4c32)C1. The van der Waals surface area contributed by atoms with Crippen LogP contribution >= 0.6 is 0 Å². The van der Waals surface area contributed by atoms with Gasteiger partial charge >= 0.3 is 0 Å². The molecule has 1 fully saturated rings. The van der Waals surface area contributed by atoms with E-state index >= 15 is 0 Å². The summed E-state index contributed by atoms with van der Waals surface area (Å²) >= 11 is 0. The van der Waals surface area contributed by atoms with Crippen molar-refractivity contribution >= 4 is 22.5 Å². The second-order valence-electron chi connectivity index (χ2n) is 11.9. The number of methoxy groups -OCH3 is 1. The Hall–Kier alpha value is -3.18. The number of carbonyl (C=O) groups excluding carboxylic acids is 1. The summed E-state index contributed by atoms with van der Waals surface area (Å²) < 4.78 is 11.7. The zero-order valence-electron chi connectivity index (χ0n) is 24.0. The van der Waals surface area contributed by atoms with Crippen molar-refractivity contribution in [3.05, 3.63) is 65.9 Å². The third kappa shape index (κ3) is 5.67. The fraction of sp³-hybridized carbons (Fsp3) is 0.486. The van der Waals surface area contributed by atoms with Gasteiger partial charge in [-0.25, -0.2) is 0 Å². The van der Waals surface area contributed by atoms with Crippen molar-refractivity contribution in [2.45, 2.75) is 82.7 Å². The van der Waals surface area contributed by atoms with Gasteiger partial charge in [-0.3, -0.25) is 9.78 Å². The van der Waals surface area contributed by atoms with Crippen LogP contribution in [-0.4, -0.2) is 37.8 Å². The molecular weight excluding hydrogens is 496 g/mol. The normalized spacial score (nSPS) is 22.9. The molecule has 1 aromatic heterocycles. The van der Waals surface area contributed by atoms with Gasteiger partial charge in [0.15, 0.2) is 0 Å². The number of benzene rings is 2. The van der Waals surface area contributed by atoms with E-state index in [4.69, 9.17) is 14.5 Å². The second-order valence-corrected chi connectivity index (χ2v) is 11.9. The molecule has 3 aliphatic rings. The molecule has 210 valence electrons. The van der Waals surface area contributed by atoms with E-state index in [-0.39, 0.29) is 11.8 Å². The number of hydrogen-bond acceptors (Lipinski definition) is 4. The predicted octanol–water partition coefficient (Wildman–Crippen LogP) is 8.22. The highest BCUT2D eigenvalue weighted by molar-refractivity contribution is 6.01. The summed E-state index contributed by atoms with van der Waals surface area (Å²) in [6.45, 7) is 0.763. The van der Waals surface area contributed by atoms with E-state index < -0.39 is 0 Å². The van der Waals surface area contributed by atoms with Gasteiger partial charge in [-0.2, -0.15) is 0 Å². The Morgan fingerprint density at radius 1 is 1.02 bits per heavy atom. The first-order valence-electron chi connectivity index (χ1n) is 15.2. The maximum absolute atomic E-state index is 13.0. The van der Waals surface area contributed by atoms with E-state index in [2.05, 4.69) is 48.5 Å². The maximum atomic E-state index is 13.0. The molecule has 1 saturated carbocycles. The number of ether oxygens (including phenoxy) is 2. The predicted molar refractivity (Wildman–Crippen MR) is 162 cm³/mol. The van der Waals surface area contributed by atoms with Crippen LogP contribution in [0.4, 0.5) is 5.69 Å². The Bertz CT molecular complexity index is 1380. The van der Waals surface area contributed by atoms with E-state index in [0.717, 1.165) is 65.8 Å². The van der Waals surface area contributed by atoms with E-state index in [0.29, 0.717) is 18.4 Å². The average molecular weight is 539 g/mol. The van der Waals surface area contributed by atoms with Gasteiger partial charge in [-0.15, -0.1) is 0 Å². The lowest BCUT2D eigenvalue weighted by Gasteiger charge is -2.35. The van der Waals surface area contributed by atoms with Crippen molar-refractivity contribution < 1.29 is 14.3 Å². The fourth-order valence-corrected chi connectivity index (χ4v) is 7.08. The lowest BCUT2D eigenvalue weighted by atomic mass is 9.77. The Labute approximate surface area is 238 Å². The van der Waals surface area contributed by atoms with E-state index in [1.54, 1.807) is 17.6 Å². The summed E-state index contributed by atoms with van der Waals surface area (Å²) in [5, 5.41) is 1.16. The first kappa shape index (κ1) is 27.0. The van der Waals surface area contributed by atoms with Crippen molar-refractivity contribution in [3.8, 4) is 16.9 Å². The number of amides is 1. The van der Waals surface area contributed by atoms with Crippen molar-refractivity contribution in [2.75, 3.05) is 25.7 Å². The van der Waals surface area contributed by atoms with Crippen molar-refractivity contribution in [1.29, 1.82) is 0 Å². The molecule has 5 heteroatoms. The van der Waals surface area contributed by atoms with Gasteiger partial charge in [-0.05, 0) is 117 Å². The van der Waals surface area contributed by atoms with Gasteiger partial charge in [0.2, 0.25) is 5.91 Å². The van der Waals surface area contributed by atoms with Gasteiger partial charge in [0.25, 0.3) is 0 Å². The molecule has 2 aliphatic carbocycles. The molecule has 1 amide bonds. The highest BCUT2D eigenvalue weighted by Crippen LogP contribution is 2.48. The first-order chi connectivity index (χ1) is 19.6. The fourth-order valence-electron chi connectivity index (χ4n) is 7.08. The number of anilines is 1. The largest absolute Gasteiger partial charge is 0.494 e. The minimum absolute atomic E-state index is 0.178. The topological polar surface area (TPSA) is 51.7 Å². The molecule has 40 heavy (non-hydrogen) atoms. The van der Waals surface area contributed by atoms with Crippen LogP contribution in [0, 0.1) is 5.92 Å². The molecule has 6 rings (SSSR count). The van der Waals surface area contributed by atoms with E-state index in [1.807, 2.05) is 13.2 Å². The molecule has 5 nitrogen and oxygen atoms in total. The minimum atomic E-state index is 0.178. The quantitative estimate of drug-likeness (QED) is 0.203. The highest BCUT2D eigenvalue weighted by Gasteiger charge is 2.39. The zero-order chi connectivity index (χ0) is 27.5. The number of allylic oxidation sites excluding steroid dienone is 2. The van der Waals surface area contributed by atoms with Gasteiger partial charge in [-0.1, -0.05) is 29.8 Å². The maximum Gasteiger partial charge on any atom is 0.227 e. The number of nitrogens with zero attached hydrogens (tertiary/aromatic N) is 2. The summed E-state index contributed by atoms with van der Waals surface area (Å²) in [6.07, 6.45) is 17.2. The highest BCUT2D eigenvalue weighted by atomic mass is 16.5. The van der Waals surface area contributed by atoms with Crippen molar-refractivity contribution in [3.63, 3.8) is 0 Å². The summed E-state index contributed by atoms with van der Waals surface area (Å²) in [6, 6.07) is 15.0. The molecule has 0 N–H and O–H groups in total. The van der Waals surface area contributed by atoms with Crippen molar-refractivity contribution in [2.24, 2.45) is 5.92 Å². The molecule has 1 aliphatic heterocycles. The Morgan fingerprint density at radius 2 is 1.88 bits per heavy atom. The molecule has 2 aromatic carbocycles. The third-order valence-corrected chi connectivity index (χ3v) is 9.45. The molecule has 3 aromatic rings. The second kappa shape index (κ2) is 12.1. The van der Waals surface area contributed by atoms with Gasteiger partial charge in [0, 0.05) is 26.0 Å². The molecule has 1 unspecified atom stereocenters. The molecule has 0 spiro atoms. The van der Waals surface area contributed by atoms with Crippen LogP contribution in [-0.2, 0) is 9.53 Å². The Morgan fingerprint density at radius 3 is 2.65 bits per heavy atom. The first-order valence-corrected chi connectivity index (χ1v) is 15.2. The van der Waals surface area contributed by atoms with E-state index in [1.165, 1.54) is 44.1 Å². The number of unbranched alkanes of at least 4 members (excludes halogenated alkanes) is 1. The lowest BCUT2D eigenvalue weighted by Crippen LogP contribution is -2.35. The molecule has 3 atom stereocenters. The summed E-state index contributed by atoms with van der Waals surface area (Å²) in [5.74, 6) is 1.75. The molecule has 2 heterocycles. The number of fused-ring (bicyclic) bond motifs is 3.